The summed E-state index contributed by atoms with van der Waals surface area (Å²) in [7, 11) is 0. The average Bonchev–Trinajstić information content (AvgIpc) is 2.74. The van der Waals surface area contributed by atoms with Gasteiger partial charge in [-0.3, -0.25) is 4.79 Å². The van der Waals surface area contributed by atoms with E-state index in [0.717, 1.165) is 53.9 Å². The Bertz CT molecular complexity index is 1040. The molecule has 1 amide bonds. The maximum absolute atomic E-state index is 13.5. The smallest absolute Gasteiger partial charge is 0.255 e. The first-order valence-electron chi connectivity index (χ1n) is 10.4. The zero-order chi connectivity index (χ0) is 20.4. The van der Waals surface area contributed by atoms with Gasteiger partial charge in [-0.1, -0.05) is 42.8 Å². The van der Waals surface area contributed by atoms with Gasteiger partial charge in [0.2, 0.25) is 0 Å². The van der Waals surface area contributed by atoms with Crippen LogP contribution >= 0.6 is 11.6 Å². The van der Waals surface area contributed by atoms with Crippen molar-refractivity contribution in [2.45, 2.75) is 20.3 Å². The van der Waals surface area contributed by atoms with Gasteiger partial charge in [-0.15, -0.1) is 0 Å². The molecule has 1 saturated heterocycles. The van der Waals surface area contributed by atoms with Gasteiger partial charge in [0.15, 0.2) is 0 Å². The number of rotatable bonds is 4. The number of carbonyl (C=O) groups excluding carboxylic acids is 1. The lowest BCUT2D eigenvalue weighted by Crippen LogP contribution is -3.14. The molecule has 1 N–H and O–H groups in total. The van der Waals surface area contributed by atoms with E-state index in [-0.39, 0.29) is 5.91 Å². The van der Waals surface area contributed by atoms with Gasteiger partial charge in [0.1, 0.15) is 0 Å². The van der Waals surface area contributed by atoms with Gasteiger partial charge in [-0.2, -0.15) is 0 Å². The normalized spacial score (nSPS) is 15.1. The average molecular weight is 409 g/mol. The Balaban J connectivity index is 1.75. The Morgan fingerprint density at radius 1 is 1.14 bits per heavy atom. The Labute approximate surface area is 177 Å². The van der Waals surface area contributed by atoms with Crippen LogP contribution in [0.4, 0.5) is 0 Å². The minimum absolute atomic E-state index is 0.0741. The zero-order valence-electron chi connectivity index (χ0n) is 17.0. The van der Waals surface area contributed by atoms with Crippen molar-refractivity contribution < 1.29 is 9.69 Å². The summed E-state index contributed by atoms with van der Waals surface area (Å²) in [5.74, 6) is 0.0741. The molecule has 1 aliphatic heterocycles. The van der Waals surface area contributed by atoms with Crippen molar-refractivity contribution in [3.05, 3.63) is 64.7 Å². The molecule has 0 atom stereocenters. The molecule has 0 radical (unpaired) electrons. The summed E-state index contributed by atoms with van der Waals surface area (Å²) in [4.78, 5) is 21.9. The second kappa shape index (κ2) is 8.52. The van der Waals surface area contributed by atoms with E-state index < -0.39 is 0 Å². The molecule has 4 nitrogen and oxygen atoms in total. The summed E-state index contributed by atoms with van der Waals surface area (Å²) >= 11 is 6.26. The van der Waals surface area contributed by atoms with Crippen molar-refractivity contribution in [3.63, 3.8) is 0 Å². The number of hydrogen-bond acceptors (Lipinski definition) is 2. The molecule has 1 aliphatic rings. The number of halogens is 1. The molecule has 0 bridgehead atoms. The summed E-state index contributed by atoms with van der Waals surface area (Å²) in [6.45, 7) is 9.05. The zero-order valence-corrected chi connectivity index (χ0v) is 17.8. The van der Waals surface area contributed by atoms with Crippen molar-refractivity contribution in [2.24, 2.45) is 0 Å². The number of nitrogens with one attached hydrogen (secondary N) is 1. The predicted molar refractivity (Wildman–Crippen MR) is 119 cm³/mol. The number of amides is 1. The number of piperazine rings is 1. The largest absolute Gasteiger partial charge is 0.332 e. The summed E-state index contributed by atoms with van der Waals surface area (Å²) < 4.78 is 0. The van der Waals surface area contributed by atoms with Gasteiger partial charge >= 0.3 is 0 Å². The number of aromatic nitrogens is 1. The molecule has 1 aromatic heterocycles. The summed E-state index contributed by atoms with van der Waals surface area (Å²) in [5, 5.41) is 1.44. The van der Waals surface area contributed by atoms with Gasteiger partial charge in [0.05, 0.1) is 49.5 Å². The fraction of sp³-hybridized carbons (Fsp3) is 0.333. The van der Waals surface area contributed by atoms with Crippen LogP contribution < -0.4 is 4.90 Å². The molecule has 2 heterocycles. The molecule has 0 spiro atoms. The molecule has 29 heavy (non-hydrogen) atoms. The number of carbonyl (C=O) groups is 1. The van der Waals surface area contributed by atoms with Crippen LogP contribution in [0.2, 0.25) is 5.02 Å². The van der Waals surface area contributed by atoms with Gasteiger partial charge in [0, 0.05) is 16.0 Å². The molecule has 0 unspecified atom stereocenters. The number of benzene rings is 2. The first-order valence-corrected chi connectivity index (χ1v) is 10.7. The van der Waals surface area contributed by atoms with E-state index in [1.54, 1.807) is 4.90 Å². The minimum atomic E-state index is 0.0741. The monoisotopic (exact) mass is 408 g/mol. The summed E-state index contributed by atoms with van der Waals surface area (Å²) in [6, 6.07) is 15.7. The van der Waals surface area contributed by atoms with E-state index in [1.165, 1.54) is 13.0 Å². The molecular formula is C24H27ClN3O+. The van der Waals surface area contributed by atoms with Crippen LogP contribution in [0.5, 0.6) is 0 Å². The third-order valence-corrected chi connectivity index (χ3v) is 6.02. The minimum Gasteiger partial charge on any atom is -0.332 e. The van der Waals surface area contributed by atoms with E-state index in [0.29, 0.717) is 10.6 Å². The third-order valence-electron chi connectivity index (χ3n) is 5.78. The Hall–Kier alpha value is -2.43. The first kappa shape index (κ1) is 19.9. The molecule has 1 fully saturated rings. The maximum atomic E-state index is 13.5. The molecule has 0 aliphatic carbocycles. The van der Waals surface area contributed by atoms with Crippen molar-refractivity contribution in [2.75, 3.05) is 32.7 Å². The lowest BCUT2D eigenvalue weighted by molar-refractivity contribution is -0.904. The van der Waals surface area contributed by atoms with Gasteiger partial charge < -0.3 is 9.80 Å². The fourth-order valence-corrected chi connectivity index (χ4v) is 4.35. The molecular weight excluding hydrogens is 382 g/mol. The molecule has 5 heteroatoms. The van der Waals surface area contributed by atoms with Gasteiger partial charge in [0.25, 0.3) is 5.91 Å². The highest BCUT2D eigenvalue weighted by atomic mass is 35.5. The predicted octanol–water partition coefficient (Wildman–Crippen LogP) is 3.61. The molecule has 0 saturated carbocycles. The summed E-state index contributed by atoms with van der Waals surface area (Å²) in [5.41, 5.74) is 4.51. The number of nitrogens with zero attached hydrogens (tertiary/aromatic N) is 2. The number of fused-ring (bicyclic) bond motifs is 1. The fourth-order valence-electron chi connectivity index (χ4n) is 4.17. The van der Waals surface area contributed by atoms with E-state index in [9.17, 15) is 4.79 Å². The Morgan fingerprint density at radius 2 is 1.90 bits per heavy atom. The van der Waals surface area contributed by atoms with E-state index in [1.807, 2.05) is 41.3 Å². The standard InChI is InChI=1S/C24H26ClN3O/c1-3-10-27-11-13-28(14-12-27)24(29)21-16-23(19-7-5-4-6-17(19)2)26-22-9-8-18(25)15-20(21)22/h4-9,15-16H,3,10-14H2,1-2H3/p+1. The van der Waals surface area contributed by atoms with E-state index >= 15 is 0 Å². The second-order valence-corrected chi connectivity index (χ2v) is 8.26. The number of aryl methyl sites for hydroxylation is 1. The number of quaternary nitrogens is 1. The lowest BCUT2D eigenvalue weighted by Gasteiger charge is -2.32. The van der Waals surface area contributed by atoms with Crippen LogP contribution in [0.15, 0.2) is 48.5 Å². The quantitative estimate of drug-likeness (QED) is 0.716. The lowest BCUT2D eigenvalue weighted by atomic mass is 10.00. The topological polar surface area (TPSA) is 37.6 Å². The third kappa shape index (κ3) is 4.14. The van der Waals surface area contributed by atoms with Crippen molar-refractivity contribution in [1.82, 2.24) is 9.88 Å². The van der Waals surface area contributed by atoms with Crippen LogP contribution in [0.1, 0.15) is 29.3 Å². The first-order chi connectivity index (χ1) is 14.1. The van der Waals surface area contributed by atoms with Crippen LogP contribution in [0.3, 0.4) is 0 Å². The number of hydrogen-bond donors (Lipinski definition) is 1. The SMILES string of the molecule is CCC[NH+]1CCN(C(=O)c2cc(-c3ccccc3C)nc3ccc(Cl)cc23)CC1. The number of pyridine rings is 1. The van der Waals surface area contributed by atoms with Gasteiger partial charge in [-0.05, 0) is 43.2 Å². The van der Waals surface area contributed by atoms with Crippen LogP contribution in [-0.2, 0) is 0 Å². The maximum Gasteiger partial charge on any atom is 0.255 e. The highest BCUT2D eigenvalue weighted by Gasteiger charge is 2.26. The molecule has 2 aromatic carbocycles. The van der Waals surface area contributed by atoms with Crippen LogP contribution in [0.25, 0.3) is 22.2 Å². The molecule has 3 aromatic rings. The molecule has 4 rings (SSSR count). The Kier molecular flexibility index (Phi) is 5.84. The molecule has 150 valence electrons. The van der Waals surface area contributed by atoms with Crippen molar-refractivity contribution in [1.29, 1.82) is 0 Å². The Morgan fingerprint density at radius 3 is 2.62 bits per heavy atom. The van der Waals surface area contributed by atoms with Crippen LogP contribution in [0, 0.1) is 6.92 Å². The van der Waals surface area contributed by atoms with E-state index in [4.69, 9.17) is 16.6 Å². The van der Waals surface area contributed by atoms with Crippen molar-refractivity contribution in [3.8, 4) is 11.3 Å². The second-order valence-electron chi connectivity index (χ2n) is 7.82. The highest BCUT2D eigenvalue weighted by Crippen LogP contribution is 2.29. The highest BCUT2D eigenvalue weighted by molar-refractivity contribution is 6.31. The van der Waals surface area contributed by atoms with Crippen molar-refractivity contribution >= 4 is 28.4 Å². The van der Waals surface area contributed by atoms with E-state index in [2.05, 4.69) is 26.0 Å². The van der Waals surface area contributed by atoms with Gasteiger partial charge in [-0.25, -0.2) is 4.98 Å². The van der Waals surface area contributed by atoms with Crippen LogP contribution in [-0.4, -0.2) is 48.5 Å². The summed E-state index contributed by atoms with van der Waals surface area (Å²) in [6.07, 6.45) is 1.18.